The van der Waals surface area contributed by atoms with Gasteiger partial charge >= 0.3 is 0 Å². The number of fused-ring (bicyclic) bond motifs is 1. The van der Waals surface area contributed by atoms with E-state index in [1.54, 1.807) is 27.5 Å². The standard InChI is InChI=1S/C23H22N2O3/c1-15(26)16-7-10-22-21(12-16)24-14-25(22)18-6-4-5-17(11-18)20-9-8-19(27-2)13-23(20)28-3/h4-15,26H,1-3H3/t15-/m0/s1. The lowest BCUT2D eigenvalue weighted by Gasteiger charge is -2.12. The second kappa shape index (κ2) is 7.37. The summed E-state index contributed by atoms with van der Waals surface area (Å²) in [7, 11) is 3.30. The summed E-state index contributed by atoms with van der Waals surface area (Å²) < 4.78 is 12.9. The van der Waals surface area contributed by atoms with Crippen molar-refractivity contribution >= 4 is 11.0 Å². The van der Waals surface area contributed by atoms with E-state index in [0.717, 1.165) is 44.9 Å². The zero-order chi connectivity index (χ0) is 19.7. The van der Waals surface area contributed by atoms with Gasteiger partial charge in [-0.2, -0.15) is 0 Å². The highest BCUT2D eigenvalue weighted by Crippen LogP contribution is 2.34. The number of imidazole rings is 1. The third kappa shape index (κ3) is 3.21. The van der Waals surface area contributed by atoms with Crippen molar-refractivity contribution in [2.75, 3.05) is 14.2 Å². The SMILES string of the molecule is COc1ccc(-c2cccc(-n3cnc4cc([C@H](C)O)ccc43)c2)c(OC)c1. The lowest BCUT2D eigenvalue weighted by molar-refractivity contribution is 0.199. The highest BCUT2D eigenvalue weighted by atomic mass is 16.5. The molecular weight excluding hydrogens is 352 g/mol. The third-order valence-corrected chi connectivity index (χ3v) is 4.90. The molecule has 0 saturated carbocycles. The summed E-state index contributed by atoms with van der Waals surface area (Å²) in [5.74, 6) is 1.51. The number of methoxy groups -OCH3 is 2. The van der Waals surface area contributed by atoms with E-state index in [1.807, 2.05) is 53.1 Å². The second-order valence-corrected chi connectivity index (χ2v) is 6.66. The number of aliphatic hydroxyl groups excluding tert-OH is 1. The molecule has 0 spiro atoms. The maximum absolute atomic E-state index is 9.80. The minimum Gasteiger partial charge on any atom is -0.497 e. The first-order valence-electron chi connectivity index (χ1n) is 9.08. The molecule has 0 saturated heterocycles. The molecule has 1 aromatic heterocycles. The lowest BCUT2D eigenvalue weighted by Crippen LogP contribution is -1.95. The Morgan fingerprint density at radius 2 is 1.82 bits per heavy atom. The molecule has 0 aliphatic rings. The van der Waals surface area contributed by atoms with Crippen molar-refractivity contribution in [3.63, 3.8) is 0 Å². The number of hydrogen-bond acceptors (Lipinski definition) is 4. The van der Waals surface area contributed by atoms with Crippen LogP contribution < -0.4 is 9.47 Å². The number of aromatic nitrogens is 2. The molecule has 3 aromatic carbocycles. The van der Waals surface area contributed by atoms with Crippen LogP contribution in [0, 0.1) is 0 Å². The van der Waals surface area contributed by atoms with Crippen molar-refractivity contribution in [3.8, 4) is 28.3 Å². The zero-order valence-electron chi connectivity index (χ0n) is 16.1. The molecule has 5 heteroatoms. The summed E-state index contributed by atoms with van der Waals surface area (Å²) >= 11 is 0. The number of ether oxygens (including phenoxy) is 2. The van der Waals surface area contributed by atoms with Crippen molar-refractivity contribution in [1.82, 2.24) is 9.55 Å². The molecule has 142 valence electrons. The van der Waals surface area contributed by atoms with Crippen LogP contribution in [0.5, 0.6) is 11.5 Å². The van der Waals surface area contributed by atoms with Crippen LogP contribution in [0.3, 0.4) is 0 Å². The summed E-state index contributed by atoms with van der Waals surface area (Å²) in [5, 5.41) is 9.80. The molecule has 28 heavy (non-hydrogen) atoms. The van der Waals surface area contributed by atoms with Crippen LogP contribution in [0.1, 0.15) is 18.6 Å². The topological polar surface area (TPSA) is 56.5 Å². The molecule has 0 aliphatic carbocycles. The Kier molecular flexibility index (Phi) is 4.75. The fourth-order valence-corrected chi connectivity index (χ4v) is 3.36. The predicted molar refractivity (Wildman–Crippen MR) is 110 cm³/mol. The molecule has 0 bridgehead atoms. The largest absolute Gasteiger partial charge is 0.497 e. The van der Waals surface area contributed by atoms with Crippen LogP contribution in [-0.2, 0) is 0 Å². The van der Waals surface area contributed by atoms with E-state index in [2.05, 4.69) is 17.1 Å². The van der Waals surface area contributed by atoms with Gasteiger partial charge in [0.1, 0.15) is 17.8 Å². The molecule has 1 N–H and O–H groups in total. The van der Waals surface area contributed by atoms with Crippen molar-refractivity contribution < 1.29 is 14.6 Å². The molecule has 4 rings (SSSR count). The lowest BCUT2D eigenvalue weighted by atomic mass is 10.0. The number of nitrogens with zero attached hydrogens (tertiary/aromatic N) is 2. The molecule has 0 radical (unpaired) electrons. The Hall–Kier alpha value is -3.31. The number of aliphatic hydroxyl groups is 1. The Morgan fingerprint density at radius 1 is 0.964 bits per heavy atom. The fraction of sp³-hybridized carbons (Fsp3) is 0.174. The quantitative estimate of drug-likeness (QED) is 0.547. The van der Waals surface area contributed by atoms with Gasteiger partial charge in [-0.3, -0.25) is 4.57 Å². The molecule has 0 fully saturated rings. The smallest absolute Gasteiger partial charge is 0.130 e. The van der Waals surface area contributed by atoms with Gasteiger partial charge < -0.3 is 14.6 Å². The van der Waals surface area contributed by atoms with Gasteiger partial charge in [-0.15, -0.1) is 0 Å². The van der Waals surface area contributed by atoms with Gasteiger partial charge in [0.15, 0.2) is 0 Å². The monoisotopic (exact) mass is 374 g/mol. The number of rotatable bonds is 5. The van der Waals surface area contributed by atoms with E-state index >= 15 is 0 Å². The van der Waals surface area contributed by atoms with Crippen molar-refractivity contribution in [3.05, 3.63) is 72.6 Å². The molecule has 0 unspecified atom stereocenters. The first-order valence-corrected chi connectivity index (χ1v) is 9.08. The van der Waals surface area contributed by atoms with Gasteiger partial charge in [0.05, 0.1) is 31.4 Å². The Morgan fingerprint density at radius 3 is 2.57 bits per heavy atom. The van der Waals surface area contributed by atoms with Gasteiger partial charge in [-0.05, 0) is 54.4 Å². The van der Waals surface area contributed by atoms with E-state index in [9.17, 15) is 5.11 Å². The summed E-state index contributed by atoms with van der Waals surface area (Å²) in [6.45, 7) is 1.75. The van der Waals surface area contributed by atoms with Crippen LogP contribution in [0.25, 0.3) is 27.8 Å². The summed E-state index contributed by atoms with van der Waals surface area (Å²) in [6, 6.07) is 19.9. The van der Waals surface area contributed by atoms with Crippen molar-refractivity contribution in [2.45, 2.75) is 13.0 Å². The van der Waals surface area contributed by atoms with Gasteiger partial charge in [-0.1, -0.05) is 18.2 Å². The molecule has 1 heterocycles. The van der Waals surface area contributed by atoms with Crippen LogP contribution in [0.15, 0.2) is 67.0 Å². The van der Waals surface area contributed by atoms with E-state index in [-0.39, 0.29) is 0 Å². The minimum absolute atomic E-state index is 0.514. The summed E-state index contributed by atoms with van der Waals surface area (Å²) in [4.78, 5) is 4.51. The van der Waals surface area contributed by atoms with Crippen molar-refractivity contribution in [2.24, 2.45) is 0 Å². The Balaban J connectivity index is 1.79. The fourth-order valence-electron chi connectivity index (χ4n) is 3.36. The highest BCUT2D eigenvalue weighted by Gasteiger charge is 2.11. The van der Waals surface area contributed by atoms with Gasteiger partial charge in [0, 0.05) is 17.3 Å². The first kappa shape index (κ1) is 18.1. The molecule has 0 aliphatic heterocycles. The molecule has 5 nitrogen and oxygen atoms in total. The predicted octanol–water partition coefficient (Wildman–Crippen LogP) is 4.76. The van der Waals surface area contributed by atoms with Crippen molar-refractivity contribution in [1.29, 1.82) is 0 Å². The number of benzene rings is 3. The maximum Gasteiger partial charge on any atom is 0.130 e. The Bertz CT molecular complexity index is 1130. The van der Waals surface area contributed by atoms with Crippen LogP contribution >= 0.6 is 0 Å². The van der Waals surface area contributed by atoms with Gasteiger partial charge in [0.2, 0.25) is 0 Å². The summed E-state index contributed by atoms with van der Waals surface area (Å²) in [5.41, 5.74) is 5.73. The Labute approximate surface area is 163 Å². The highest BCUT2D eigenvalue weighted by molar-refractivity contribution is 5.79. The summed E-state index contributed by atoms with van der Waals surface area (Å²) in [6.07, 6.45) is 1.29. The van der Waals surface area contributed by atoms with E-state index in [4.69, 9.17) is 9.47 Å². The maximum atomic E-state index is 9.80. The van der Waals surface area contributed by atoms with E-state index < -0.39 is 6.10 Å². The molecule has 1 atom stereocenters. The van der Waals surface area contributed by atoms with E-state index in [0.29, 0.717) is 0 Å². The number of hydrogen-bond donors (Lipinski definition) is 1. The zero-order valence-corrected chi connectivity index (χ0v) is 16.1. The molecule has 4 aromatic rings. The average Bonchev–Trinajstić information content (AvgIpc) is 3.16. The van der Waals surface area contributed by atoms with E-state index in [1.165, 1.54) is 0 Å². The van der Waals surface area contributed by atoms with Gasteiger partial charge in [0.25, 0.3) is 0 Å². The molecule has 0 amide bonds. The first-order chi connectivity index (χ1) is 13.6. The van der Waals surface area contributed by atoms with Crippen LogP contribution in [0.4, 0.5) is 0 Å². The van der Waals surface area contributed by atoms with Crippen LogP contribution in [0.2, 0.25) is 0 Å². The van der Waals surface area contributed by atoms with Crippen LogP contribution in [-0.4, -0.2) is 28.9 Å². The minimum atomic E-state index is -0.514. The second-order valence-electron chi connectivity index (χ2n) is 6.66. The average molecular weight is 374 g/mol. The van der Waals surface area contributed by atoms with Gasteiger partial charge in [-0.25, -0.2) is 4.98 Å². The molecular formula is C23H22N2O3. The normalized spacial score (nSPS) is 12.1. The third-order valence-electron chi connectivity index (χ3n) is 4.90.